The van der Waals surface area contributed by atoms with Crippen molar-refractivity contribution in [1.82, 2.24) is 4.72 Å². The lowest BCUT2D eigenvalue weighted by Gasteiger charge is -2.17. The first-order valence-corrected chi connectivity index (χ1v) is 6.49. The second-order valence-corrected chi connectivity index (χ2v) is 5.87. The first-order chi connectivity index (χ1) is 5.94. The number of rotatable bonds is 6. The highest BCUT2D eigenvalue weighted by molar-refractivity contribution is 7.90. The third kappa shape index (κ3) is 4.62. The van der Waals surface area contributed by atoms with E-state index >= 15 is 0 Å². The second-order valence-electron chi connectivity index (χ2n) is 3.61. The molecular weight excluding hydrogens is 186 g/mol. The zero-order valence-electron chi connectivity index (χ0n) is 9.00. The summed E-state index contributed by atoms with van der Waals surface area (Å²) in [6, 6.07) is 0.109. The zero-order chi connectivity index (χ0) is 10.5. The molecule has 1 unspecified atom stereocenters. The summed E-state index contributed by atoms with van der Waals surface area (Å²) < 4.78 is 25.6. The van der Waals surface area contributed by atoms with Gasteiger partial charge in [0.05, 0.1) is 5.25 Å². The van der Waals surface area contributed by atoms with Crippen molar-refractivity contribution in [1.29, 1.82) is 0 Å². The quantitative estimate of drug-likeness (QED) is 0.723. The zero-order valence-corrected chi connectivity index (χ0v) is 9.82. The fourth-order valence-electron chi connectivity index (χ4n) is 1.06. The van der Waals surface area contributed by atoms with Crippen LogP contribution in [-0.4, -0.2) is 19.7 Å². The molecule has 0 heterocycles. The Hall–Kier alpha value is -0.0900. The number of nitrogens with one attached hydrogen (secondary N) is 1. The van der Waals surface area contributed by atoms with E-state index in [2.05, 4.69) is 11.6 Å². The van der Waals surface area contributed by atoms with E-state index in [1.54, 1.807) is 13.8 Å². The highest BCUT2D eigenvalue weighted by Crippen LogP contribution is 2.05. The van der Waals surface area contributed by atoms with Gasteiger partial charge in [0, 0.05) is 6.04 Å². The van der Waals surface area contributed by atoms with Gasteiger partial charge >= 0.3 is 0 Å². The third-order valence-electron chi connectivity index (χ3n) is 2.08. The summed E-state index contributed by atoms with van der Waals surface area (Å²) >= 11 is 0. The van der Waals surface area contributed by atoms with Crippen molar-refractivity contribution < 1.29 is 8.42 Å². The summed E-state index contributed by atoms with van der Waals surface area (Å²) in [4.78, 5) is 0. The Morgan fingerprint density at radius 3 is 2.08 bits per heavy atom. The highest BCUT2D eigenvalue weighted by atomic mass is 32.2. The van der Waals surface area contributed by atoms with Crippen molar-refractivity contribution in [3.8, 4) is 0 Å². The van der Waals surface area contributed by atoms with E-state index in [1.807, 2.05) is 6.92 Å². The summed E-state index contributed by atoms with van der Waals surface area (Å²) in [5.74, 6) is 0. The van der Waals surface area contributed by atoms with Crippen LogP contribution in [0.2, 0.25) is 0 Å². The Labute approximate surface area is 82.0 Å². The molecule has 80 valence electrons. The Balaban J connectivity index is 4.23. The van der Waals surface area contributed by atoms with Crippen molar-refractivity contribution in [3.63, 3.8) is 0 Å². The maximum absolute atomic E-state index is 11.5. The van der Waals surface area contributed by atoms with Gasteiger partial charge in [-0.2, -0.15) is 0 Å². The van der Waals surface area contributed by atoms with Crippen molar-refractivity contribution in [2.75, 3.05) is 0 Å². The number of sulfonamides is 1. The average Bonchev–Trinajstić information content (AvgIpc) is 2.03. The Morgan fingerprint density at radius 2 is 1.77 bits per heavy atom. The van der Waals surface area contributed by atoms with E-state index in [1.165, 1.54) is 0 Å². The average molecular weight is 207 g/mol. The van der Waals surface area contributed by atoms with Gasteiger partial charge in [0.25, 0.3) is 0 Å². The molecule has 0 aliphatic heterocycles. The van der Waals surface area contributed by atoms with Crippen molar-refractivity contribution in [2.24, 2.45) is 0 Å². The smallest absolute Gasteiger partial charge is 0.212 e. The van der Waals surface area contributed by atoms with Gasteiger partial charge < -0.3 is 0 Å². The van der Waals surface area contributed by atoms with Crippen LogP contribution in [0, 0.1) is 0 Å². The lowest BCUT2D eigenvalue weighted by Crippen LogP contribution is -2.38. The maximum Gasteiger partial charge on any atom is 0.214 e. The lowest BCUT2D eigenvalue weighted by atomic mass is 10.1. The first-order valence-electron chi connectivity index (χ1n) is 4.95. The summed E-state index contributed by atoms with van der Waals surface area (Å²) in [5, 5.41) is -0.335. The van der Waals surface area contributed by atoms with Crippen LogP contribution in [0.15, 0.2) is 0 Å². The van der Waals surface area contributed by atoms with Gasteiger partial charge in [-0.25, -0.2) is 13.1 Å². The van der Waals surface area contributed by atoms with E-state index in [9.17, 15) is 8.42 Å². The molecule has 0 aliphatic carbocycles. The predicted molar refractivity (Wildman–Crippen MR) is 56.2 cm³/mol. The second kappa shape index (κ2) is 5.60. The molecule has 0 spiro atoms. The molecule has 0 saturated carbocycles. The molecular formula is C9H21NO2S. The largest absolute Gasteiger partial charge is 0.214 e. The van der Waals surface area contributed by atoms with Crippen molar-refractivity contribution >= 4 is 10.0 Å². The molecule has 0 aromatic rings. The molecule has 4 heteroatoms. The van der Waals surface area contributed by atoms with Crippen molar-refractivity contribution in [3.05, 3.63) is 0 Å². The molecule has 3 nitrogen and oxygen atoms in total. The van der Waals surface area contributed by atoms with E-state index in [4.69, 9.17) is 0 Å². The maximum atomic E-state index is 11.5. The van der Waals surface area contributed by atoms with Gasteiger partial charge in [0.1, 0.15) is 0 Å². The number of hydrogen-bond donors (Lipinski definition) is 1. The molecule has 0 saturated heterocycles. The minimum atomic E-state index is -3.08. The summed E-state index contributed by atoms with van der Waals surface area (Å²) in [6.45, 7) is 7.46. The Morgan fingerprint density at radius 1 is 1.23 bits per heavy atom. The fourth-order valence-corrected chi connectivity index (χ4v) is 2.08. The van der Waals surface area contributed by atoms with Crippen LogP contribution in [0.3, 0.4) is 0 Å². The van der Waals surface area contributed by atoms with Gasteiger partial charge in [-0.3, -0.25) is 0 Å². The molecule has 0 fully saturated rings. The normalized spacial score (nSPS) is 14.8. The fraction of sp³-hybridized carbons (Fsp3) is 1.00. The van der Waals surface area contributed by atoms with Gasteiger partial charge in [-0.05, 0) is 26.7 Å². The summed E-state index contributed by atoms with van der Waals surface area (Å²) in [7, 11) is -3.08. The number of hydrogen-bond acceptors (Lipinski definition) is 2. The molecule has 0 aromatic carbocycles. The van der Waals surface area contributed by atoms with Crippen LogP contribution in [0.4, 0.5) is 0 Å². The lowest BCUT2D eigenvalue weighted by molar-refractivity contribution is 0.507. The van der Waals surface area contributed by atoms with E-state index in [0.717, 1.165) is 19.3 Å². The molecule has 1 atom stereocenters. The van der Waals surface area contributed by atoms with Crippen LogP contribution in [0.25, 0.3) is 0 Å². The molecule has 13 heavy (non-hydrogen) atoms. The van der Waals surface area contributed by atoms with Crippen LogP contribution < -0.4 is 4.72 Å². The van der Waals surface area contributed by atoms with Crippen LogP contribution >= 0.6 is 0 Å². The summed E-state index contributed by atoms with van der Waals surface area (Å²) in [5.41, 5.74) is 0. The Kier molecular flexibility index (Phi) is 5.56. The van der Waals surface area contributed by atoms with Crippen molar-refractivity contribution in [2.45, 2.75) is 58.2 Å². The van der Waals surface area contributed by atoms with Gasteiger partial charge in [0.15, 0.2) is 0 Å². The first kappa shape index (κ1) is 12.9. The molecule has 0 rings (SSSR count). The topological polar surface area (TPSA) is 46.2 Å². The van der Waals surface area contributed by atoms with Crippen LogP contribution in [0.5, 0.6) is 0 Å². The van der Waals surface area contributed by atoms with Gasteiger partial charge in [-0.15, -0.1) is 0 Å². The van der Waals surface area contributed by atoms with Gasteiger partial charge in [-0.1, -0.05) is 20.3 Å². The van der Waals surface area contributed by atoms with Crippen LogP contribution in [-0.2, 0) is 10.0 Å². The molecule has 0 aromatic heterocycles. The minimum Gasteiger partial charge on any atom is -0.212 e. The highest BCUT2D eigenvalue weighted by Gasteiger charge is 2.19. The molecule has 0 aliphatic rings. The van der Waals surface area contributed by atoms with E-state index < -0.39 is 10.0 Å². The SMILES string of the molecule is CCCC(CC)NS(=O)(=O)C(C)C. The van der Waals surface area contributed by atoms with Gasteiger partial charge in [0.2, 0.25) is 10.0 Å². The third-order valence-corrected chi connectivity index (χ3v) is 3.98. The van der Waals surface area contributed by atoms with E-state index in [-0.39, 0.29) is 11.3 Å². The monoisotopic (exact) mass is 207 g/mol. The standard InChI is InChI=1S/C9H21NO2S/c1-5-7-9(6-2)10-13(11,12)8(3)4/h8-10H,5-7H2,1-4H3. The predicted octanol–water partition coefficient (Wildman–Crippen LogP) is 1.89. The van der Waals surface area contributed by atoms with E-state index in [0.29, 0.717) is 0 Å². The molecule has 1 N–H and O–H groups in total. The Bertz CT molecular complexity index is 222. The minimum absolute atomic E-state index is 0.109. The van der Waals surface area contributed by atoms with Crippen LogP contribution in [0.1, 0.15) is 47.0 Å². The molecule has 0 bridgehead atoms. The molecule has 0 amide bonds. The molecule has 0 radical (unpaired) electrons. The summed E-state index contributed by atoms with van der Waals surface area (Å²) in [6.07, 6.45) is 2.79.